The monoisotopic (exact) mass is 326 g/mol. The van der Waals surface area contributed by atoms with Gasteiger partial charge in [0, 0.05) is 11.9 Å². The van der Waals surface area contributed by atoms with E-state index >= 15 is 0 Å². The largest absolute Gasteiger partial charge is 0.370 e. The third-order valence-electron chi connectivity index (χ3n) is 4.02. The van der Waals surface area contributed by atoms with Gasteiger partial charge in [-0.05, 0) is 56.0 Å². The van der Waals surface area contributed by atoms with Crippen LogP contribution in [0.15, 0.2) is 48.5 Å². The fraction of sp³-hybridized carbons (Fsp3) is 0.250. The lowest BCUT2D eigenvalue weighted by Gasteiger charge is -2.11. The van der Waals surface area contributed by atoms with E-state index < -0.39 is 0 Å². The highest BCUT2D eigenvalue weighted by Gasteiger charge is 2.06. The summed E-state index contributed by atoms with van der Waals surface area (Å²) in [5, 5.41) is 4.71. The van der Waals surface area contributed by atoms with Crippen molar-refractivity contribution in [3.8, 4) is 0 Å². The zero-order chi connectivity index (χ0) is 15.5. The van der Waals surface area contributed by atoms with Gasteiger partial charge >= 0.3 is 0 Å². The summed E-state index contributed by atoms with van der Waals surface area (Å²) in [4.78, 5) is 4.80. The van der Waals surface area contributed by atoms with Crippen molar-refractivity contribution in [3.05, 3.63) is 70.8 Å². The summed E-state index contributed by atoms with van der Waals surface area (Å²) in [7, 11) is 0. The molecule has 0 radical (unpaired) electrons. The predicted molar refractivity (Wildman–Crippen MR) is 102 cm³/mol. The Kier molecular flexibility index (Phi) is 5.62. The van der Waals surface area contributed by atoms with Gasteiger partial charge in [-0.25, -0.2) is 4.98 Å². The highest BCUT2D eigenvalue weighted by atomic mass is 35.5. The molecule has 0 aliphatic rings. The third-order valence-corrected chi connectivity index (χ3v) is 4.02. The molecule has 23 heavy (non-hydrogen) atoms. The Hall–Kier alpha value is -2.06. The second-order valence-electron chi connectivity index (χ2n) is 5.96. The summed E-state index contributed by atoms with van der Waals surface area (Å²) >= 11 is 0. The third kappa shape index (κ3) is 4.02. The molecule has 0 amide bonds. The molecule has 0 aliphatic heterocycles. The minimum absolute atomic E-state index is 0. The first-order valence-corrected chi connectivity index (χ1v) is 7.80. The van der Waals surface area contributed by atoms with Gasteiger partial charge in [-0.15, -0.1) is 12.4 Å². The Balaban J connectivity index is 0.00000192. The van der Waals surface area contributed by atoms with Gasteiger partial charge in [0.1, 0.15) is 5.82 Å². The first kappa shape index (κ1) is 17.3. The van der Waals surface area contributed by atoms with Gasteiger partial charge in [0.2, 0.25) is 0 Å². The number of nitrogens with one attached hydrogen (secondary N) is 1. The Bertz CT molecular complexity index is 798. The van der Waals surface area contributed by atoms with Crippen LogP contribution in [0.25, 0.3) is 10.9 Å². The number of benzene rings is 2. The number of anilines is 1. The molecule has 1 N–H and O–H groups in total. The summed E-state index contributed by atoms with van der Waals surface area (Å²) < 4.78 is 0. The summed E-state index contributed by atoms with van der Waals surface area (Å²) in [6.45, 7) is 7.32. The number of hydrogen-bond acceptors (Lipinski definition) is 2. The maximum atomic E-state index is 4.80. The van der Waals surface area contributed by atoms with E-state index in [1.807, 2.05) is 0 Å². The smallest absolute Gasteiger partial charge is 0.126 e. The van der Waals surface area contributed by atoms with Crippen molar-refractivity contribution in [1.29, 1.82) is 0 Å². The van der Waals surface area contributed by atoms with Gasteiger partial charge in [-0.3, -0.25) is 0 Å². The number of aromatic nitrogens is 1. The minimum atomic E-state index is 0. The molecule has 0 bridgehead atoms. The van der Waals surface area contributed by atoms with E-state index in [1.54, 1.807) is 0 Å². The summed E-state index contributed by atoms with van der Waals surface area (Å²) in [6.07, 6.45) is 1.01. The maximum Gasteiger partial charge on any atom is 0.126 e. The first-order valence-electron chi connectivity index (χ1n) is 7.80. The van der Waals surface area contributed by atoms with E-state index in [2.05, 4.69) is 74.6 Å². The van der Waals surface area contributed by atoms with Crippen LogP contribution in [0, 0.1) is 20.8 Å². The molecule has 0 aliphatic carbocycles. The van der Waals surface area contributed by atoms with Crippen molar-refractivity contribution in [1.82, 2.24) is 4.98 Å². The lowest BCUT2D eigenvalue weighted by Crippen LogP contribution is -2.07. The van der Waals surface area contributed by atoms with Crippen molar-refractivity contribution >= 4 is 29.1 Å². The predicted octanol–water partition coefficient (Wildman–Crippen LogP) is 5.24. The average molecular weight is 327 g/mol. The standard InChI is InChI=1S/C20H22N2.ClH/c1-14-11-16(3)20-18(12-14)15(2)13-19(22-20)21-10-9-17-7-5-4-6-8-17;/h4-8,11-13H,9-10H2,1-3H3,(H,21,22);1H. The van der Waals surface area contributed by atoms with Gasteiger partial charge in [0.25, 0.3) is 0 Å². The van der Waals surface area contributed by atoms with Crippen molar-refractivity contribution in [3.63, 3.8) is 0 Å². The molecule has 3 rings (SSSR count). The molecule has 0 unspecified atom stereocenters. The lowest BCUT2D eigenvalue weighted by atomic mass is 10.0. The van der Waals surface area contributed by atoms with E-state index in [0.29, 0.717) is 0 Å². The Labute approximate surface area is 144 Å². The van der Waals surface area contributed by atoms with Crippen LogP contribution in [-0.4, -0.2) is 11.5 Å². The molecule has 3 heteroatoms. The normalized spacial score (nSPS) is 10.4. The number of aryl methyl sites for hydroxylation is 3. The SMILES string of the molecule is Cc1cc(C)c2nc(NCCc3ccccc3)cc(C)c2c1.Cl. The van der Waals surface area contributed by atoms with Gasteiger partial charge < -0.3 is 5.32 Å². The molecule has 120 valence electrons. The van der Waals surface area contributed by atoms with Crippen molar-refractivity contribution in [2.24, 2.45) is 0 Å². The van der Waals surface area contributed by atoms with Gasteiger partial charge in [0.15, 0.2) is 0 Å². The zero-order valence-electron chi connectivity index (χ0n) is 13.9. The maximum absolute atomic E-state index is 4.80. The van der Waals surface area contributed by atoms with Gasteiger partial charge in [-0.1, -0.05) is 42.0 Å². The first-order chi connectivity index (χ1) is 10.6. The molecule has 1 heterocycles. The second kappa shape index (κ2) is 7.47. The Morgan fingerprint density at radius 2 is 1.65 bits per heavy atom. The topological polar surface area (TPSA) is 24.9 Å². The second-order valence-corrected chi connectivity index (χ2v) is 5.96. The number of halogens is 1. The number of pyridine rings is 1. The molecular formula is C20H23ClN2. The quantitative estimate of drug-likeness (QED) is 0.709. The lowest BCUT2D eigenvalue weighted by molar-refractivity contribution is 1.01. The molecule has 0 spiro atoms. The highest BCUT2D eigenvalue weighted by molar-refractivity contribution is 5.87. The van der Waals surface area contributed by atoms with Gasteiger partial charge in [-0.2, -0.15) is 0 Å². The zero-order valence-corrected chi connectivity index (χ0v) is 14.7. The molecule has 0 atom stereocenters. The van der Waals surface area contributed by atoms with Crippen LogP contribution in [-0.2, 0) is 6.42 Å². The summed E-state index contributed by atoms with van der Waals surface area (Å²) in [6, 6.07) is 17.1. The molecule has 0 fully saturated rings. The molecule has 2 nitrogen and oxygen atoms in total. The molecule has 0 saturated heterocycles. The van der Waals surface area contributed by atoms with E-state index in [-0.39, 0.29) is 12.4 Å². The molecule has 3 aromatic rings. The summed E-state index contributed by atoms with van der Waals surface area (Å²) in [5.41, 5.74) is 6.26. The number of fused-ring (bicyclic) bond motifs is 1. The molecule has 1 aromatic heterocycles. The fourth-order valence-electron chi connectivity index (χ4n) is 2.91. The van der Waals surface area contributed by atoms with Crippen molar-refractivity contribution in [2.75, 3.05) is 11.9 Å². The van der Waals surface area contributed by atoms with Crippen LogP contribution >= 0.6 is 12.4 Å². The van der Waals surface area contributed by atoms with Crippen LogP contribution in [0.5, 0.6) is 0 Å². The Morgan fingerprint density at radius 3 is 2.39 bits per heavy atom. The van der Waals surface area contributed by atoms with Crippen molar-refractivity contribution in [2.45, 2.75) is 27.2 Å². The molecule has 0 saturated carbocycles. The van der Waals surface area contributed by atoms with Crippen molar-refractivity contribution < 1.29 is 0 Å². The van der Waals surface area contributed by atoms with Crippen LogP contribution in [0.2, 0.25) is 0 Å². The average Bonchev–Trinajstić information content (AvgIpc) is 2.50. The summed E-state index contributed by atoms with van der Waals surface area (Å²) in [5.74, 6) is 0.966. The number of rotatable bonds is 4. The Morgan fingerprint density at radius 1 is 0.913 bits per heavy atom. The number of nitrogens with zero attached hydrogens (tertiary/aromatic N) is 1. The van der Waals surface area contributed by atoms with Crippen LogP contribution in [0.1, 0.15) is 22.3 Å². The number of hydrogen-bond donors (Lipinski definition) is 1. The fourth-order valence-corrected chi connectivity index (χ4v) is 2.91. The molecule has 2 aromatic carbocycles. The minimum Gasteiger partial charge on any atom is -0.370 e. The van der Waals surface area contributed by atoms with E-state index in [1.165, 1.54) is 27.6 Å². The van der Waals surface area contributed by atoms with Crippen LogP contribution in [0.4, 0.5) is 5.82 Å². The highest BCUT2D eigenvalue weighted by Crippen LogP contribution is 2.24. The molecular weight excluding hydrogens is 304 g/mol. The van der Waals surface area contributed by atoms with Gasteiger partial charge in [0.05, 0.1) is 5.52 Å². The van der Waals surface area contributed by atoms with E-state index in [0.717, 1.165) is 24.3 Å². The van der Waals surface area contributed by atoms with Crippen LogP contribution < -0.4 is 5.32 Å². The van der Waals surface area contributed by atoms with Crippen LogP contribution in [0.3, 0.4) is 0 Å². The van der Waals surface area contributed by atoms with E-state index in [9.17, 15) is 0 Å². The van der Waals surface area contributed by atoms with E-state index in [4.69, 9.17) is 4.98 Å².